The molecule has 0 aliphatic heterocycles. The van der Waals surface area contributed by atoms with Gasteiger partial charge in [0.25, 0.3) is 5.91 Å². The zero-order valence-corrected chi connectivity index (χ0v) is 12.9. The minimum Gasteiger partial charge on any atom is -0.320 e. The average molecular weight is 360 g/mol. The van der Waals surface area contributed by atoms with E-state index in [4.69, 9.17) is 0 Å². The minimum absolute atomic E-state index is 0.243. The Hall–Kier alpha value is -2.47. The van der Waals surface area contributed by atoms with Crippen LogP contribution < -0.4 is 5.32 Å². The molecular formula is C16H11BrFN3O. The van der Waals surface area contributed by atoms with Crippen molar-refractivity contribution in [1.29, 1.82) is 0 Å². The fraction of sp³-hybridized carbons (Fsp3) is 0. The van der Waals surface area contributed by atoms with Crippen LogP contribution in [-0.2, 0) is 0 Å². The number of carbonyl (C=O) groups is 1. The lowest BCUT2D eigenvalue weighted by atomic mass is 10.2. The maximum atomic E-state index is 13.4. The van der Waals surface area contributed by atoms with E-state index in [1.165, 1.54) is 12.1 Å². The second-order valence-corrected chi connectivity index (χ2v) is 5.52. The van der Waals surface area contributed by atoms with Gasteiger partial charge < -0.3 is 9.88 Å². The monoisotopic (exact) mass is 359 g/mol. The van der Waals surface area contributed by atoms with Crippen LogP contribution in [0.5, 0.6) is 0 Å². The fourth-order valence-electron chi connectivity index (χ4n) is 2.09. The molecule has 2 aromatic carbocycles. The van der Waals surface area contributed by atoms with Crippen molar-refractivity contribution in [2.75, 3.05) is 5.32 Å². The maximum absolute atomic E-state index is 13.4. The van der Waals surface area contributed by atoms with Crippen LogP contribution in [0.1, 0.15) is 10.4 Å². The van der Waals surface area contributed by atoms with E-state index < -0.39 is 5.82 Å². The number of nitrogens with one attached hydrogen (secondary N) is 1. The Morgan fingerprint density at radius 3 is 2.77 bits per heavy atom. The maximum Gasteiger partial charge on any atom is 0.255 e. The highest BCUT2D eigenvalue weighted by molar-refractivity contribution is 9.10. The third-order valence-corrected chi connectivity index (χ3v) is 3.52. The fourth-order valence-corrected chi connectivity index (χ4v) is 2.55. The third kappa shape index (κ3) is 3.07. The number of anilines is 1. The lowest BCUT2D eigenvalue weighted by molar-refractivity contribution is 0.102. The van der Waals surface area contributed by atoms with Crippen molar-refractivity contribution in [3.63, 3.8) is 0 Å². The summed E-state index contributed by atoms with van der Waals surface area (Å²) in [6, 6.07) is 11.4. The molecule has 0 bridgehead atoms. The van der Waals surface area contributed by atoms with Crippen molar-refractivity contribution in [2.45, 2.75) is 0 Å². The van der Waals surface area contributed by atoms with Crippen LogP contribution in [0.25, 0.3) is 5.69 Å². The molecule has 22 heavy (non-hydrogen) atoms. The van der Waals surface area contributed by atoms with Gasteiger partial charge in [0, 0.05) is 22.4 Å². The number of amides is 1. The van der Waals surface area contributed by atoms with Gasteiger partial charge in [-0.05, 0) is 30.3 Å². The highest BCUT2D eigenvalue weighted by Gasteiger charge is 2.11. The zero-order chi connectivity index (χ0) is 15.5. The molecule has 6 heteroatoms. The van der Waals surface area contributed by atoms with Gasteiger partial charge in [-0.25, -0.2) is 9.37 Å². The molecule has 0 aliphatic carbocycles. The summed E-state index contributed by atoms with van der Waals surface area (Å²) in [6.45, 7) is 0. The Labute approximate surface area is 134 Å². The number of para-hydroxylation sites is 2. The van der Waals surface area contributed by atoms with Crippen LogP contribution in [0.4, 0.5) is 10.1 Å². The summed E-state index contributed by atoms with van der Waals surface area (Å²) in [5.74, 6) is -0.852. The van der Waals surface area contributed by atoms with Gasteiger partial charge in [0.05, 0.1) is 17.7 Å². The molecule has 1 heterocycles. The predicted molar refractivity (Wildman–Crippen MR) is 85.6 cm³/mol. The molecule has 4 nitrogen and oxygen atoms in total. The number of nitrogens with zero attached hydrogens (tertiary/aromatic N) is 2. The van der Waals surface area contributed by atoms with E-state index in [2.05, 4.69) is 26.2 Å². The van der Waals surface area contributed by atoms with Crippen LogP contribution in [0.3, 0.4) is 0 Å². The van der Waals surface area contributed by atoms with Gasteiger partial charge in [-0.1, -0.05) is 28.1 Å². The summed E-state index contributed by atoms with van der Waals surface area (Å²) in [6.07, 6.45) is 5.08. The quantitative estimate of drug-likeness (QED) is 0.767. The smallest absolute Gasteiger partial charge is 0.255 e. The van der Waals surface area contributed by atoms with Crippen molar-refractivity contribution in [3.05, 3.63) is 77.0 Å². The van der Waals surface area contributed by atoms with Gasteiger partial charge >= 0.3 is 0 Å². The van der Waals surface area contributed by atoms with E-state index >= 15 is 0 Å². The largest absolute Gasteiger partial charge is 0.320 e. The molecule has 0 saturated carbocycles. The molecule has 1 aromatic heterocycles. The second kappa shape index (κ2) is 6.11. The molecule has 0 fully saturated rings. The minimum atomic E-state index is -0.470. The molecule has 0 atom stereocenters. The van der Waals surface area contributed by atoms with Crippen molar-refractivity contribution < 1.29 is 9.18 Å². The predicted octanol–water partition coefficient (Wildman–Crippen LogP) is 4.03. The molecule has 1 amide bonds. The number of benzene rings is 2. The lowest BCUT2D eigenvalue weighted by Gasteiger charge is -2.11. The number of imidazole rings is 1. The first-order valence-electron chi connectivity index (χ1n) is 6.48. The molecule has 1 N–H and O–H groups in total. The van der Waals surface area contributed by atoms with E-state index in [-0.39, 0.29) is 11.5 Å². The van der Waals surface area contributed by atoms with E-state index in [0.717, 1.165) is 5.69 Å². The first-order valence-corrected chi connectivity index (χ1v) is 7.27. The van der Waals surface area contributed by atoms with Gasteiger partial charge in [0.15, 0.2) is 0 Å². The Kier molecular flexibility index (Phi) is 4.02. The molecule has 0 spiro atoms. The molecule has 110 valence electrons. The number of halogens is 2. The Morgan fingerprint density at radius 2 is 2.05 bits per heavy atom. The van der Waals surface area contributed by atoms with E-state index in [1.54, 1.807) is 35.4 Å². The third-order valence-electron chi connectivity index (χ3n) is 3.06. The van der Waals surface area contributed by atoms with E-state index in [1.807, 2.05) is 18.2 Å². The second-order valence-electron chi connectivity index (χ2n) is 4.60. The van der Waals surface area contributed by atoms with Crippen LogP contribution in [-0.4, -0.2) is 15.5 Å². The van der Waals surface area contributed by atoms with Gasteiger partial charge in [-0.3, -0.25) is 4.79 Å². The molecule has 3 aromatic rings. The summed E-state index contributed by atoms with van der Waals surface area (Å²) >= 11 is 3.18. The Bertz CT molecular complexity index is 798. The summed E-state index contributed by atoms with van der Waals surface area (Å²) in [7, 11) is 0. The number of hydrogen-bond donors (Lipinski definition) is 1. The Morgan fingerprint density at radius 1 is 1.23 bits per heavy atom. The summed E-state index contributed by atoms with van der Waals surface area (Å²) < 4.78 is 15.7. The van der Waals surface area contributed by atoms with Crippen LogP contribution in [0.2, 0.25) is 0 Å². The van der Waals surface area contributed by atoms with E-state index in [0.29, 0.717) is 10.2 Å². The van der Waals surface area contributed by atoms with Gasteiger partial charge in [-0.15, -0.1) is 0 Å². The SMILES string of the molecule is O=C(Nc1ccccc1-n1ccnc1)c1cc(F)cc(Br)c1. The highest BCUT2D eigenvalue weighted by atomic mass is 79.9. The molecule has 0 aliphatic rings. The lowest BCUT2D eigenvalue weighted by Crippen LogP contribution is -2.14. The number of carbonyl (C=O) groups excluding carboxylic acids is 1. The van der Waals surface area contributed by atoms with Crippen LogP contribution in [0.15, 0.2) is 65.7 Å². The average Bonchev–Trinajstić information content (AvgIpc) is 3.01. The molecule has 0 saturated heterocycles. The van der Waals surface area contributed by atoms with Crippen LogP contribution in [0, 0.1) is 5.82 Å². The standard InChI is InChI=1S/C16H11BrFN3O/c17-12-7-11(8-13(18)9-12)16(22)20-14-3-1-2-4-15(14)21-6-5-19-10-21/h1-10H,(H,20,22). The number of rotatable bonds is 3. The molecular weight excluding hydrogens is 349 g/mol. The normalized spacial score (nSPS) is 10.5. The molecule has 0 unspecified atom stereocenters. The first-order chi connectivity index (χ1) is 10.6. The molecule has 3 rings (SSSR count). The van der Waals surface area contributed by atoms with Gasteiger partial charge in [0.1, 0.15) is 5.82 Å². The number of hydrogen-bond acceptors (Lipinski definition) is 2. The first kappa shape index (κ1) is 14.5. The van der Waals surface area contributed by atoms with Crippen LogP contribution >= 0.6 is 15.9 Å². The number of aromatic nitrogens is 2. The summed E-state index contributed by atoms with van der Waals surface area (Å²) in [4.78, 5) is 16.3. The highest BCUT2D eigenvalue weighted by Crippen LogP contribution is 2.21. The van der Waals surface area contributed by atoms with Crippen molar-refractivity contribution in [1.82, 2.24) is 9.55 Å². The van der Waals surface area contributed by atoms with E-state index in [9.17, 15) is 9.18 Å². The zero-order valence-electron chi connectivity index (χ0n) is 11.3. The van der Waals surface area contributed by atoms with Gasteiger partial charge in [0.2, 0.25) is 0 Å². The van der Waals surface area contributed by atoms with Crippen molar-refractivity contribution in [2.24, 2.45) is 0 Å². The summed E-state index contributed by atoms with van der Waals surface area (Å²) in [5, 5.41) is 2.79. The Balaban J connectivity index is 1.92. The van der Waals surface area contributed by atoms with Crippen molar-refractivity contribution in [3.8, 4) is 5.69 Å². The topological polar surface area (TPSA) is 46.9 Å². The molecule has 0 radical (unpaired) electrons. The summed E-state index contributed by atoms with van der Waals surface area (Å²) in [5.41, 5.74) is 1.64. The van der Waals surface area contributed by atoms with Crippen molar-refractivity contribution >= 4 is 27.5 Å². The van der Waals surface area contributed by atoms with Gasteiger partial charge in [-0.2, -0.15) is 0 Å².